The largest absolute Gasteiger partial charge is 0.372 e. The molecule has 1 aromatic carbocycles. The second kappa shape index (κ2) is 7.00. The molecule has 6 heteroatoms. The second-order valence-corrected chi connectivity index (χ2v) is 9.39. The lowest BCUT2D eigenvalue weighted by atomic mass is 10.0. The van der Waals surface area contributed by atoms with Crippen molar-refractivity contribution in [3.8, 4) is 0 Å². The number of carbonyl (C=O) groups is 1. The van der Waals surface area contributed by atoms with E-state index in [4.69, 9.17) is 4.74 Å². The van der Waals surface area contributed by atoms with E-state index in [1.54, 1.807) is 30.3 Å². The summed E-state index contributed by atoms with van der Waals surface area (Å²) in [5, 5.41) is 0. The van der Waals surface area contributed by atoms with Crippen LogP contribution in [0.5, 0.6) is 0 Å². The smallest absolute Gasteiger partial charge is 0.267 e. The van der Waals surface area contributed by atoms with E-state index in [1.807, 2.05) is 6.92 Å². The van der Waals surface area contributed by atoms with Crippen molar-refractivity contribution < 1.29 is 17.9 Å². The van der Waals surface area contributed by atoms with Crippen LogP contribution in [0.3, 0.4) is 0 Å². The van der Waals surface area contributed by atoms with Crippen molar-refractivity contribution in [2.45, 2.75) is 63.1 Å². The number of rotatable bonds is 6. The lowest BCUT2D eigenvalue weighted by Gasteiger charge is -2.18. The summed E-state index contributed by atoms with van der Waals surface area (Å²) in [4.78, 5) is 12.6. The predicted octanol–water partition coefficient (Wildman–Crippen LogP) is 3.95. The molecule has 1 aromatic heterocycles. The SMILES string of the molecule is Cc1ccc(S(=O)(=O)n2ccc(C(=O)CCC3CCC(C)(C)O3)c2)cc1. The summed E-state index contributed by atoms with van der Waals surface area (Å²) in [6, 6.07) is 8.22. The number of ketones is 1. The van der Waals surface area contributed by atoms with E-state index in [-0.39, 0.29) is 22.4 Å². The Morgan fingerprint density at radius 1 is 1.23 bits per heavy atom. The number of nitrogens with zero attached hydrogens (tertiary/aromatic N) is 1. The molecule has 0 saturated carbocycles. The Morgan fingerprint density at radius 3 is 2.54 bits per heavy atom. The second-order valence-electron chi connectivity index (χ2n) is 7.55. The summed E-state index contributed by atoms with van der Waals surface area (Å²) in [5.41, 5.74) is 1.29. The molecule has 0 spiro atoms. The maximum atomic E-state index is 12.7. The Bertz CT molecular complexity index is 894. The summed E-state index contributed by atoms with van der Waals surface area (Å²) in [6.45, 7) is 6.02. The van der Waals surface area contributed by atoms with Crippen molar-refractivity contribution in [3.05, 3.63) is 53.9 Å². The molecular weight excluding hydrogens is 350 g/mol. The van der Waals surface area contributed by atoms with Crippen LogP contribution in [-0.2, 0) is 14.8 Å². The van der Waals surface area contributed by atoms with Crippen LogP contribution < -0.4 is 0 Å². The Labute approximate surface area is 155 Å². The van der Waals surface area contributed by atoms with Crippen molar-refractivity contribution in [1.82, 2.24) is 3.97 Å². The minimum absolute atomic E-state index is 0.0591. The third-order valence-electron chi connectivity index (χ3n) is 4.83. The van der Waals surface area contributed by atoms with Gasteiger partial charge in [-0.3, -0.25) is 4.79 Å². The molecule has 140 valence electrons. The molecule has 0 aliphatic carbocycles. The molecule has 1 atom stereocenters. The van der Waals surface area contributed by atoms with Gasteiger partial charge in [0.2, 0.25) is 0 Å². The molecule has 5 nitrogen and oxygen atoms in total. The van der Waals surface area contributed by atoms with Gasteiger partial charge in [0.25, 0.3) is 10.0 Å². The van der Waals surface area contributed by atoms with Crippen molar-refractivity contribution >= 4 is 15.8 Å². The van der Waals surface area contributed by atoms with Crippen molar-refractivity contribution in [3.63, 3.8) is 0 Å². The lowest BCUT2D eigenvalue weighted by Crippen LogP contribution is -2.20. The van der Waals surface area contributed by atoms with Gasteiger partial charge in [-0.2, -0.15) is 0 Å². The van der Waals surface area contributed by atoms with E-state index in [9.17, 15) is 13.2 Å². The summed E-state index contributed by atoms with van der Waals surface area (Å²) in [5.74, 6) is -0.0591. The number of Topliss-reactive ketones (excluding diaryl/α,β-unsaturated/α-hetero) is 1. The molecule has 1 aliphatic rings. The van der Waals surface area contributed by atoms with E-state index in [1.165, 1.54) is 12.4 Å². The molecule has 0 bridgehead atoms. The Morgan fingerprint density at radius 2 is 1.92 bits per heavy atom. The van der Waals surface area contributed by atoms with Crippen LogP contribution >= 0.6 is 0 Å². The fraction of sp³-hybridized carbons (Fsp3) is 0.450. The van der Waals surface area contributed by atoms with E-state index in [2.05, 4.69) is 13.8 Å². The van der Waals surface area contributed by atoms with Gasteiger partial charge in [-0.1, -0.05) is 17.7 Å². The number of aryl methyl sites for hydroxylation is 1. The van der Waals surface area contributed by atoms with Crippen LogP contribution in [-0.4, -0.2) is 29.9 Å². The van der Waals surface area contributed by atoms with Crippen molar-refractivity contribution in [2.24, 2.45) is 0 Å². The molecule has 0 N–H and O–H groups in total. The highest BCUT2D eigenvalue weighted by molar-refractivity contribution is 7.90. The topological polar surface area (TPSA) is 65.4 Å². The molecule has 2 heterocycles. The van der Waals surface area contributed by atoms with Gasteiger partial charge in [-0.25, -0.2) is 12.4 Å². The molecule has 1 fully saturated rings. The summed E-state index contributed by atoms with van der Waals surface area (Å²) >= 11 is 0. The van der Waals surface area contributed by atoms with Crippen LogP contribution in [0.15, 0.2) is 47.6 Å². The molecule has 1 unspecified atom stereocenters. The van der Waals surface area contributed by atoms with Crippen LogP contribution in [0.1, 0.15) is 55.5 Å². The van der Waals surface area contributed by atoms with Crippen LogP contribution in [0.25, 0.3) is 0 Å². The molecule has 3 rings (SSSR count). The fourth-order valence-electron chi connectivity index (χ4n) is 3.24. The predicted molar refractivity (Wildman–Crippen MR) is 99.9 cm³/mol. The highest BCUT2D eigenvalue weighted by atomic mass is 32.2. The van der Waals surface area contributed by atoms with Gasteiger partial charge < -0.3 is 4.74 Å². The Kier molecular flexibility index (Phi) is 5.08. The van der Waals surface area contributed by atoms with E-state index >= 15 is 0 Å². The first-order chi connectivity index (χ1) is 12.2. The normalized spacial score (nSPS) is 19.6. The van der Waals surface area contributed by atoms with Gasteiger partial charge in [-0.05, 0) is 58.2 Å². The van der Waals surface area contributed by atoms with Gasteiger partial charge in [-0.15, -0.1) is 0 Å². The third-order valence-corrected chi connectivity index (χ3v) is 6.48. The van der Waals surface area contributed by atoms with Gasteiger partial charge in [0.15, 0.2) is 5.78 Å². The van der Waals surface area contributed by atoms with Gasteiger partial charge >= 0.3 is 0 Å². The van der Waals surface area contributed by atoms with Crippen LogP contribution in [0.4, 0.5) is 0 Å². The number of aromatic nitrogens is 1. The monoisotopic (exact) mass is 375 g/mol. The first-order valence-corrected chi connectivity index (χ1v) is 10.3. The van der Waals surface area contributed by atoms with Crippen molar-refractivity contribution in [1.29, 1.82) is 0 Å². The maximum absolute atomic E-state index is 12.7. The number of hydrogen-bond acceptors (Lipinski definition) is 4. The molecule has 0 amide bonds. The van der Waals surface area contributed by atoms with Crippen LogP contribution in [0.2, 0.25) is 0 Å². The van der Waals surface area contributed by atoms with Crippen LogP contribution in [0, 0.1) is 6.92 Å². The quantitative estimate of drug-likeness (QED) is 0.717. The molecule has 1 saturated heterocycles. The fourth-order valence-corrected chi connectivity index (χ4v) is 4.44. The Hall–Kier alpha value is -1.92. The zero-order valence-corrected chi connectivity index (χ0v) is 16.3. The average Bonchev–Trinajstić information content (AvgIpc) is 3.20. The summed E-state index contributed by atoms with van der Waals surface area (Å²) < 4.78 is 32.3. The number of ether oxygens (including phenoxy) is 1. The summed E-state index contributed by atoms with van der Waals surface area (Å²) in [6.07, 6.45) is 5.91. The Balaban J connectivity index is 1.67. The minimum atomic E-state index is -3.67. The van der Waals surface area contributed by atoms with Crippen molar-refractivity contribution in [2.75, 3.05) is 0 Å². The highest BCUT2D eigenvalue weighted by Crippen LogP contribution is 2.31. The lowest BCUT2D eigenvalue weighted by molar-refractivity contribution is -0.0184. The molecule has 0 radical (unpaired) electrons. The molecule has 2 aromatic rings. The number of hydrogen-bond donors (Lipinski definition) is 0. The van der Waals surface area contributed by atoms with Gasteiger partial charge in [0, 0.05) is 24.4 Å². The standard InChI is InChI=1S/C20H25NO4S/c1-15-4-7-18(8-5-15)26(23,24)21-13-11-16(14-21)19(22)9-6-17-10-12-20(2,3)25-17/h4-5,7-8,11,13-14,17H,6,9-10,12H2,1-3H3. The number of carbonyl (C=O) groups excluding carboxylic acids is 1. The first-order valence-electron chi connectivity index (χ1n) is 8.89. The molecule has 1 aliphatic heterocycles. The maximum Gasteiger partial charge on any atom is 0.267 e. The minimum Gasteiger partial charge on any atom is -0.372 e. The molecular formula is C20H25NO4S. The first kappa shape index (κ1) is 18.9. The van der Waals surface area contributed by atoms with E-state index < -0.39 is 10.0 Å². The highest BCUT2D eigenvalue weighted by Gasteiger charge is 2.31. The molecule has 26 heavy (non-hydrogen) atoms. The summed E-state index contributed by atoms with van der Waals surface area (Å²) in [7, 11) is -3.67. The van der Waals surface area contributed by atoms with Gasteiger partial charge in [0.1, 0.15) is 0 Å². The zero-order valence-electron chi connectivity index (χ0n) is 15.4. The average molecular weight is 375 g/mol. The van der Waals surface area contributed by atoms with E-state index in [0.717, 1.165) is 22.4 Å². The number of benzene rings is 1. The zero-order chi connectivity index (χ0) is 18.9. The third kappa shape index (κ3) is 4.07. The van der Waals surface area contributed by atoms with Gasteiger partial charge in [0.05, 0.1) is 16.6 Å². The van der Waals surface area contributed by atoms with E-state index in [0.29, 0.717) is 18.4 Å².